The molecule has 3 N–H and O–H groups in total. The molecule has 1 saturated heterocycles. The molecule has 0 radical (unpaired) electrons. The van der Waals surface area contributed by atoms with Crippen LogP contribution in [0.5, 0.6) is 0 Å². The molecule has 0 spiro atoms. The van der Waals surface area contributed by atoms with Crippen LogP contribution in [0.25, 0.3) is 0 Å². The van der Waals surface area contributed by atoms with E-state index in [1.165, 1.54) is 14.0 Å². The number of ether oxygens (including phenoxy) is 2. The summed E-state index contributed by atoms with van der Waals surface area (Å²) in [6.07, 6.45) is -3.14. The molecule has 1 fully saturated rings. The molecule has 0 aromatic carbocycles. The number of methoxy groups -OCH3 is 1. The maximum absolute atomic E-state index is 9.45. The lowest BCUT2D eigenvalue weighted by Gasteiger charge is -2.22. The van der Waals surface area contributed by atoms with Gasteiger partial charge in [-0.15, -0.1) is 0 Å². The SMILES string of the molecule is COC[C@H]1OC(O)[C@](C)(O)[C@@H]1O. The molecule has 0 saturated carbocycles. The molecular formula is C7H14O5. The van der Waals surface area contributed by atoms with Gasteiger partial charge in [0.2, 0.25) is 0 Å². The smallest absolute Gasteiger partial charge is 0.186 e. The molecule has 1 rings (SSSR count). The summed E-state index contributed by atoms with van der Waals surface area (Å²) in [7, 11) is 1.45. The van der Waals surface area contributed by atoms with Gasteiger partial charge in [-0.2, -0.15) is 0 Å². The van der Waals surface area contributed by atoms with E-state index in [0.717, 1.165) is 0 Å². The van der Waals surface area contributed by atoms with E-state index >= 15 is 0 Å². The van der Waals surface area contributed by atoms with E-state index < -0.39 is 24.1 Å². The quantitative estimate of drug-likeness (QED) is 0.477. The molecule has 0 amide bonds. The number of aliphatic hydroxyl groups is 3. The first-order valence-corrected chi connectivity index (χ1v) is 3.73. The molecule has 4 atom stereocenters. The van der Waals surface area contributed by atoms with Crippen LogP contribution in [-0.4, -0.2) is 53.1 Å². The third kappa shape index (κ3) is 1.46. The second-order valence-electron chi connectivity index (χ2n) is 3.15. The van der Waals surface area contributed by atoms with Gasteiger partial charge in [-0.1, -0.05) is 0 Å². The van der Waals surface area contributed by atoms with Crippen LogP contribution >= 0.6 is 0 Å². The molecule has 72 valence electrons. The first kappa shape index (κ1) is 9.88. The second kappa shape index (κ2) is 3.27. The highest BCUT2D eigenvalue weighted by molar-refractivity contribution is 4.96. The average Bonchev–Trinajstić information content (AvgIpc) is 2.17. The predicted octanol–water partition coefficient (Wildman–Crippen LogP) is -1.54. The molecule has 5 heteroatoms. The Morgan fingerprint density at radius 3 is 2.42 bits per heavy atom. The van der Waals surface area contributed by atoms with Crippen LogP contribution in [0.15, 0.2) is 0 Å². The Morgan fingerprint density at radius 1 is 1.50 bits per heavy atom. The molecular weight excluding hydrogens is 164 g/mol. The summed E-state index contributed by atoms with van der Waals surface area (Å²) >= 11 is 0. The molecule has 1 aliphatic rings. The van der Waals surface area contributed by atoms with Gasteiger partial charge in [0.15, 0.2) is 6.29 Å². The van der Waals surface area contributed by atoms with E-state index in [9.17, 15) is 10.2 Å². The molecule has 12 heavy (non-hydrogen) atoms. The van der Waals surface area contributed by atoms with Crippen molar-refractivity contribution >= 4 is 0 Å². The third-order valence-electron chi connectivity index (χ3n) is 2.09. The fourth-order valence-electron chi connectivity index (χ4n) is 1.19. The van der Waals surface area contributed by atoms with Gasteiger partial charge in [0.25, 0.3) is 0 Å². The summed E-state index contributed by atoms with van der Waals surface area (Å²) in [5.74, 6) is 0. The van der Waals surface area contributed by atoms with Crippen LogP contribution in [0.3, 0.4) is 0 Å². The minimum Gasteiger partial charge on any atom is -0.387 e. The fraction of sp³-hybridized carbons (Fsp3) is 1.00. The topological polar surface area (TPSA) is 79.2 Å². The predicted molar refractivity (Wildman–Crippen MR) is 39.4 cm³/mol. The Bertz CT molecular complexity index is 158. The van der Waals surface area contributed by atoms with Crippen molar-refractivity contribution in [2.45, 2.75) is 31.0 Å². The average molecular weight is 178 g/mol. The maximum Gasteiger partial charge on any atom is 0.186 e. The highest BCUT2D eigenvalue weighted by atomic mass is 16.7. The van der Waals surface area contributed by atoms with Crippen molar-refractivity contribution in [1.29, 1.82) is 0 Å². The normalized spacial score (nSPS) is 48.2. The molecule has 5 nitrogen and oxygen atoms in total. The number of aliphatic hydroxyl groups excluding tert-OH is 2. The first-order chi connectivity index (χ1) is 5.50. The highest BCUT2D eigenvalue weighted by Crippen LogP contribution is 2.29. The van der Waals surface area contributed by atoms with E-state index in [0.29, 0.717) is 0 Å². The molecule has 1 aliphatic heterocycles. The molecule has 0 aliphatic carbocycles. The van der Waals surface area contributed by atoms with Crippen molar-refractivity contribution in [2.75, 3.05) is 13.7 Å². The minimum absolute atomic E-state index is 0.147. The summed E-state index contributed by atoms with van der Waals surface area (Å²) in [6.45, 7) is 1.46. The van der Waals surface area contributed by atoms with E-state index in [1.54, 1.807) is 0 Å². The standard InChI is InChI=1S/C7H14O5/c1-7(10)5(8)4(3-11-2)12-6(7)9/h4-6,8-10H,3H2,1-2H3/t4-,5-,6?,7-/m1/s1. The molecule has 1 heterocycles. The van der Waals surface area contributed by atoms with Gasteiger partial charge in [-0.3, -0.25) is 0 Å². The zero-order valence-corrected chi connectivity index (χ0v) is 7.10. The van der Waals surface area contributed by atoms with Crippen molar-refractivity contribution in [2.24, 2.45) is 0 Å². The van der Waals surface area contributed by atoms with Crippen LogP contribution in [0, 0.1) is 0 Å². The Kier molecular flexibility index (Phi) is 2.70. The van der Waals surface area contributed by atoms with E-state index in [-0.39, 0.29) is 6.61 Å². The van der Waals surface area contributed by atoms with Crippen molar-refractivity contribution in [1.82, 2.24) is 0 Å². The fourth-order valence-corrected chi connectivity index (χ4v) is 1.19. The summed E-state index contributed by atoms with van der Waals surface area (Å²) in [5.41, 5.74) is -1.61. The van der Waals surface area contributed by atoms with Crippen molar-refractivity contribution in [3.05, 3.63) is 0 Å². The minimum atomic E-state index is -1.61. The van der Waals surface area contributed by atoms with Crippen LogP contribution in [0.1, 0.15) is 6.92 Å². The van der Waals surface area contributed by atoms with Crippen LogP contribution < -0.4 is 0 Å². The van der Waals surface area contributed by atoms with Gasteiger partial charge >= 0.3 is 0 Å². The molecule has 1 unspecified atom stereocenters. The number of hydrogen-bond donors (Lipinski definition) is 3. The lowest BCUT2D eigenvalue weighted by molar-refractivity contribution is -0.170. The van der Waals surface area contributed by atoms with Crippen LogP contribution in [-0.2, 0) is 9.47 Å². The number of hydrogen-bond acceptors (Lipinski definition) is 5. The molecule has 0 bridgehead atoms. The maximum atomic E-state index is 9.45. The summed E-state index contributed by atoms with van der Waals surface area (Å²) in [5, 5.41) is 28.0. The molecule has 0 aromatic rings. The van der Waals surface area contributed by atoms with E-state index in [4.69, 9.17) is 14.6 Å². The molecule has 0 aromatic heterocycles. The van der Waals surface area contributed by atoms with Crippen molar-refractivity contribution in [3.63, 3.8) is 0 Å². The Hall–Kier alpha value is -0.200. The van der Waals surface area contributed by atoms with Gasteiger partial charge in [0.05, 0.1) is 6.61 Å². The van der Waals surface area contributed by atoms with E-state index in [1.807, 2.05) is 0 Å². The van der Waals surface area contributed by atoms with Gasteiger partial charge in [-0.25, -0.2) is 0 Å². The van der Waals surface area contributed by atoms with Gasteiger partial charge in [0, 0.05) is 7.11 Å². The van der Waals surface area contributed by atoms with Crippen LogP contribution in [0.4, 0.5) is 0 Å². The Morgan fingerprint density at radius 2 is 2.08 bits per heavy atom. The van der Waals surface area contributed by atoms with Crippen molar-refractivity contribution < 1.29 is 24.8 Å². The summed E-state index contributed by atoms with van der Waals surface area (Å²) in [4.78, 5) is 0. The van der Waals surface area contributed by atoms with Gasteiger partial charge in [-0.05, 0) is 6.92 Å². The first-order valence-electron chi connectivity index (χ1n) is 3.73. The van der Waals surface area contributed by atoms with Crippen molar-refractivity contribution in [3.8, 4) is 0 Å². The third-order valence-corrected chi connectivity index (χ3v) is 2.09. The van der Waals surface area contributed by atoms with Crippen LogP contribution in [0.2, 0.25) is 0 Å². The van der Waals surface area contributed by atoms with E-state index in [2.05, 4.69) is 0 Å². The Labute approximate surface area is 70.5 Å². The van der Waals surface area contributed by atoms with Gasteiger partial charge in [0.1, 0.15) is 17.8 Å². The summed E-state index contributed by atoms with van der Waals surface area (Å²) < 4.78 is 9.59. The lowest BCUT2D eigenvalue weighted by Crippen LogP contribution is -2.45. The van der Waals surface area contributed by atoms with Gasteiger partial charge < -0.3 is 24.8 Å². The Balaban J connectivity index is 2.63. The largest absolute Gasteiger partial charge is 0.387 e. The highest BCUT2D eigenvalue weighted by Gasteiger charge is 2.51. The monoisotopic (exact) mass is 178 g/mol. The second-order valence-corrected chi connectivity index (χ2v) is 3.15. The number of rotatable bonds is 2. The zero-order valence-electron chi connectivity index (χ0n) is 7.10. The lowest BCUT2D eigenvalue weighted by atomic mass is 9.98. The zero-order chi connectivity index (χ0) is 9.35. The summed E-state index contributed by atoms with van der Waals surface area (Å²) in [6, 6.07) is 0.